The normalized spacial score (nSPS) is 12.6. The zero-order chi connectivity index (χ0) is 18.7. The number of amides is 1. The SMILES string of the molecule is CC(C)(C)OC(=O)N[C@@H](CC/C=C/CCl)C(=O)OCc1ccccc1. The summed E-state index contributed by atoms with van der Waals surface area (Å²) >= 11 is 5.59. The average molecular weight is 368 g/mol. The third-order valence-corrected chi connectivity index (χ3v) is 3.26. The molecule has 6 heteroatoms. The molecule has 1 amide bonds. The van der Waals surface area contributed by atoms with Gasteiger partial charge in [0.2, 0.25) is 0 Å². The molecule has 1 rings (SSSR count). The Kier molecular flexibility index (Phi) is 9.06. The molecular formula is C19H26ClNO4. The second kappa shape index (κ2) is 10.8. The first-order valence-corrected chi connectivity index (χ1v) is 8.76. The summed E-state index contributed by atoms with van der Waals surface area (Å²) in [5, 5.41) is 2.58. The van der Waals surface area contributed by atoms with Crippen LogP contribution in [0.3, 0.4) is 0 Å². The minimum Gasteiger partial charge on any atom is -0.459 e. The van der Waals surface area contributed by atoms with E-state index in [0.717, 1.165) is 5.56 Å². The summed E-state index contributed by atoms with van der Waals surface area (Å²) in [7, 11) is 0. The molecule has 138 valence electrons. The smallest absolute Gasteiger partial charge is 0.408 e. The van der Waals surface area contributed by atoms with Gasteiger partial charge in [-0.15, -0.1) is 11.6 Å². The Morgan fingerprint density at radius 2 is 1.88 bits per heavy atom. The lowest BCUT2D eigenvalue weighted by Crippen LogP contribution is -2.44. The van der Waals surface area contributed by atoms with Gasteiger partial charge in [0.25, 0.3) is 0 Å². The molecule has 0 saturated carbocycles. The molecule has 0 spiro atoms. The summed E-state index contributed by atoms with van der Waals surface area (Å²) in [6.45, 7) is 5.44. The fraction of sp³-hybridized carbons (Fsp3) is 0.474. The highest BCUT2D eigenvalue weighted by atomic mass is 35.5. The quantitative estimate of drug-likeness (QED) is 0.425. The van der Waals surface area contributed by atoms with E-state index in [-0.39, 0.29) is 6.61 Å². The van der Waals surface area contributed by atoms with Crippen LogP contribution in [0.25, 0.3) is 0 Å². The number of allylic oxidation sites excluding steroid dienone is 2. The van der Waals surface area contributed by atoms with Crippen LogP contribution in [-0.4, -0.2) is 29.6 Å². The number of alkyl carbamates (subject to hydrolysis) is 1. The number of nitrogens with one attached hydrogen (secondary N) is 1. The van der Waals surface area contributed by atoms with E-state index in [2.05, 4.69) is 5.32 Å². The maximum Gasteiger partial charge on any atom is 0.408 e. The van der Waals surface area contributed by atoms with Gasteiger partial charge in [-0.25, -0.2) is 9.59 Å². The molecule has 0 radical (unpaired) electrons. The fourth-order valence-corrected chi connectivity index (χ4v) is 2.10. The number of benzene rings is 1. The van der Waals surface area contributed by atoms with Crippen molar-refractivity contribution in [1.29, 1.82) is 0 Å². The van der Waals surface area contributed by atoms with E-state index in [1.165, 1.54) is 0 Å². The van der Waals surface area contributed by atoms with Gasteiger partial charge in [-0.3, -0.25) is 0 Å². The first-order valence-electron chi connectivity index (χ1n) is 8.23. The van der Waals surface area contributed by atoms with Crippen molar-refractivity contribution in [3.05, 3.63) is 48.0 Å². The van der Waals surface area contributed by atoms with E-state index in [4.69, 9.17) is 21.1 Å². The Morgan fingerprint density at radius 1 is 1.20 bits per heavy atom. The number of rotatable bonds is 8. The predicted octanol–water partition coefficient (Wildman–Crippen LogP) is 4.20. The highest BCUT2D eigenvalue weighted by molar-refractivity contribution is 6.18. The van der Waals surface area contributed by atoms with Crippen molar-refractivity contribution < 1.29 is 19.1 Å². The zero-order valence-electron chi connectivity index (χ0n) is 15.0. The minimum absolute atomic E-state index is 0.156. The van der Waals surface area contributed by atoms with Crippen LogP contribution in [0.4, 0.5) is 4.79 Å². The van der Waals surface area contributed by atoms with Crippen LogP contribution in [0.5, 0.6) is 0 Å². The highest BCUT2D eigenvalue weighted by Gasteiger charge is 2.25. The van der Waals surface area contributed by atoms with Gasteiger partial charge in [0, 0.05) is 5.88 Å². The van der Waals surface area contributed by atoms with Crippen molar-refractivity contribution in [2.75, 3.05) is 5.88 Å². The molecular weight excluding hydrogens is 342 g/mol. The van der Waals surface area contributed by atoms with Crippen LogP contribution in [0.15, 0.2) is 42.5 Å². The number of carbonyl (C=O) groups excluding carboxylic acids is 2. The molecule has 0 aliphatic carbocycles. The second-order valence-electron chi connectivity index (χ2n) is 6.50. The number of carbonyl (C=O) groups is 2. The number of ether oxygens (including phenoxy) is 2. The molecule has 0 aliphatic rings. The van der Waals surface area contributed by atoms with Crippen LogP contribution in [0, 0.1) is 0 Å². The monoisotopic (exact) mass is 367 g/mol. The van der Waals surface area contributed by atoms with Gasteiger partial charge < -0.3 is 14.8 Å². The Balaban J connectivity index is 2.63. The predicted molar refractivity (Wildman–Crippen MR) is 98.5 cm³/mol. The number of hydrogen-bond donors (Lipinski definition) is 1. The second-order valence-corrected chi connectivity index (χ2v) is 6.80. The standard InChI is InChI=1S/C19H26ClNO4/c1-19(2,3)25-18(23)21-16(12-8-5-9-13-20)17(22)24-14-15-10-6-4-7-11-15/h4-7,9-11,16H,8,12-14H2,1-3H3,(H,21,23)/b9-5+/t16-/m0/s1. The summed E-state index contributed by atoms with van der Waals surface area (Å²) < 4.78 is 10.5. The molecule has 0 aromatic heterocycles. The maximum atomic E-state index is 12.3. The van der Waals surface area contributed by atoms with Gasteiger partial charge in [-0.2, -0.15) is 0 Å². The summed E-state index contributed by atoms with van der Waals surface area (Å²) in [5.41, 5.74) is 0.245. The molecule has 1 N–H and O–H groups in total. The van der Waals surface area contributed by atoms with E-state index >= 15 is 0 Å². The molecule has 0 bridgehead atoms. The highest BCUT2D eigenvalue weighted by Crippen LogP contribution is 2.10. The van der Waals surface area contributed by atoms with Crippen molar-refractivity contribution >= 4 is 23.7 Å². The average Bonchev–Trinajstić information content (AvgIpc) is 2.54. The van der Waals surface area contributed by atoms with E-state index in [1.807, 2.05) is 36.4 Å². The minimum atomic E-state index is -0.779. The van der Waals surface area contributed by atoms with Crippen LogP contribution in [-0.2, 0) is 20.9 Å². The van der Waals surface area contributed by atoms with E-state index in [0.29, 0.717) is 18.7 Å². The van der Waals surface area contributed by atoms with Crippen molar-refractivity contribution in [1.82, 2.24) is 5.32 Å². The molecule has 0 saturated heterocycles. The Labute approximate surface area is 154 Å². The molecule has 1 aromatic carbocycles. The van der Waals surface area contributed by atoms with Gasteiger partial charge in [-0.05, 0) is 39.2 Å². The van der Waals surface area contributed by atoms with Crippen molar-refractivity contribution in [3.63, 3.8) is 0 Å². The molecule has 0 fully saturated rings. The summed E-state index contributed by atoms with van der Waals surface area (Å²) in [6, 6.07) is 8.59. The first-order chi connectivity index (χ1) is 11.8. The zero-order valence-corrected chi connectivity index (χ0v) is 15.7. The first kappa shape index (κ1) is 21.0. The molecule has 25 heavy (non-hydrogen) atoms. The van der Waals surface area contributed by atoms with Gasteiger partial charge >= 0.3 is 12.1 Å². The van der Waals surface area contributed by atoms with E-state index in [9.17, 15) is 9.59 Å². The van der Waals surface area contributed by atoms with Crippen molar-refractivity contribution in [2.45, 2.75) is 51.9 Å². The van der Waals surface area contributed by atoms with Gasteiger partial charge in [0.15, 0.2) is 0 Å². The van der Waals surface area contributed by atoms with Crippen molar-refractivity contribution in [3.8, 4) is 0 Å². The molecule has 0 aliphatic heterocycles. The Hall–Kier alpha value is -2.01. The number of esters is 1. The fourth-order valence-electron chi connectivity index (χ4n) is 1.97. The number of alkyl halides is 1. The summed E-state index contributed by atoms with van der Waals surface area (Å²) in [4.78, 5) is 24.3. The summed E-state index contributed by atoms with van der Waals surface area (Å²) in [6.07, 6.45) is 4.01. The summed E-state index contributed by atoms with van der Waals surface area (Å²) in [5.74, 6) is -0.0863. The largest absolute Gasteiger partial charge is 0.459 e. The van der Waals surface area contributed by atoms with Gasteiger partial charge in [-0.1, -0.05) is 42.5 Å². The lowest BCUT2D eigenvalue weighted by molar-refractivity contribution is -0.147. The van der Waals surface area contributed by atoms with Crippen LogP contribution >= 0.6 is 11.6 Å². The maximum absolute atomic E-state index is 12.3. The Morgan fingerprint density at radius 3 is 2.48 bits per heavy atom. The number of hydrogen-bond acceptors (Lipinski definition) is 4. The molecule has 1 aromatic rings. The van der Waals surface area contributed by atoms with E-state index < -0.39 is 23.7 Å². The lowest BCUT2D eigenvalue weighted by atomic mass is 10.1. The third kappa shape index (κ3) is 9.77. The van der Waals surface area contributed by atoms with Crippen molar-refractivity contribution in [2.24, 2.45) is 0 Å². The van der Waals surface area contributed by atoms with Crippen LogP contribution in [0.2, 0.25) is 0 Å². The van der Waals surface area contributed by atoms with Crippen LogP contribution in [0.1, 0.15) is 39.2 Å². The molecule has 5 nitrogen and oxygen atoms in total. The van der Waals surface area contributed by atoms with E-state index in [1.54, 1.807) is 26.8 Å². The Bertz CT molecular complexity index is 567. The van der Waals surface area contributed by atoms with Gasteiger partial charge in [0.1, 0.15) is 18.2 Å². The van der Waals surface area contributed by atoms with Crippen LogP contribution < -0.4 is 5.32 Å². The molecule has 0 unspecified atom stereocenters. The lowest BCUT2D eigenvalue weighted by Gasteiger charge is -2.22. The van der Waals surface area contributed by atoms with Gasteiger partial charge in [0.05, 0.1) is 0 Å². The topological polar surface area (TPSA) is 64.6 Å². The molecule has 1 atom stereocenters. The third-order valence-electron chi connectivity index (χ3n) is 3.08. The molecule has 0 heterocycles. The number of halogens is 1.